The summed E-state index contributed by atoms with van der Waals surface area (Å²) in [7, 11) is 1.46. The Kier molecular flexibility index (Phi) is 8.21. The molecule has 3 atom stereocenters. The molecule has 1 fully saturated rings. The van der Waals surface area contributed by atoms with E-state index in [4.69, 9.17) is 18.9 Å². The van der Waals surface area contributed by atoms with Crippen LogP contribution < -0.4 is 0 Å². The molecule has 1 amide bonds. The van der Waals surface area contributed by atoms with Crippen LogP contribution in [-0.4, -0.2) is 66.7 Å². The molecule has 1 aromatic rings. The number of ether oxygens (including phenoxy) is 4. The number of likely N-dealkylation sites (tertiary alicyclic amines) is 1. The van der Waals surface area contributed by atoms with Crippen molar-refractivity contribution in [2.75, 3.05) is 20.5 Å². The maximum absolute atomic E-state index is 12.7. The third-order valence-corrected chi connectivity index (χ3v) is 4.35. The largest absolute Gasteiger partial charge is 0.480 e. The standard InChI is InChI=1S/C19H25NO8/c1-13(21)26-11-15-8-16(28-12-25-2)9-17(18(22)23)20(15)19(24)27-10-14-6-4-3-5-7-14/h3-7,15-17H,8-12H2,1-2H3,(H,22,23)/t15-,16-,17+/m1/s1. The molecule has 0 unspecified atom stereocenters. The number of hydrogen-bond acceptors (Lipinski definition) is 7. The number of amides is 1. The monoisotopic (exact) mass is 395 g/mol. The Hall–Kier alpha value is -2.65. The van der Waals surface area contributed by atoms with E-state index in [0.29, 0.717) is 6.42 Å². The Morgan fingerprint density at radius 2 is 1.86 bits per heavy atom. The van der Waals surface area contributed by atoms with Gasteiger partial charge in [0, 0.05) is 20.5 Å². The summed E-state index contributed by atoms with van der Waals surface area (Å²) in [5.74, 6) is -1.71. The van der Waals surface area contributed by atoms with Gasteiger partial charge in [0.05, 0.1) is 12.1 Å². The van der Waals surface area contributed by atoms with E-state index in [1.165, 1.54) is 14.0 Å². The molecule has 0 spiro atoms. The highest BCUT2D eigenvalue weighted by atomic mass is 16.7. The van der Waals surface area contributed by atoms with E-state index in [1.54, 1.807) is 12.1 Å². The van der Waals surface area contributed by atoms with Crippen LogP contribution in [0.2, 0.25) is 0 Å². The predicted molar refractivity (Wildman–Crippen MR) is 96.3 cm³/mol. The second-order valence-corrected chi connectivity index (χ2v) is 6.42. The summed E-state index contributed by atoms with van der Waals surface area (Å²) in [6.45, 7) is 1.10. The summed E-state index contributed by atoms with van der Waals surface area (Å²) in [5.41, 5.74) is 0.776. The Morgan fingerprint density at radius 1 is 1.14 bits per heavy atom. The van der Waals surface area contributed by atoms with Crippen molar-refractivity contribution < 1.29 is 38.4 Å². The number of methoxy groups -OCH3 is 1. The molecule has 0 aromatic heterocycles. The van der Waals surface area contributed by atoms with Gasteiger partial charge >= 0.3 is 18.0 Å². The normalized spacial score (nSPS) is 21.8. The minimum Gasteiger partial charge on any atom is -0.480 e. The van der Waals surface area contributed by atoms with Gasteiger partial charge in [-0.05, 0) is 12.0 Å². The minimum absolute atomic E-state index is 0.00422. The molecular formula is C19H25NO8. The Bertz CT molecular complexity index is 665. The second kappa shape index (κ2) is 10.6. The number of carbonyl (C=O) groups is 3. The van der Waals surface area contributed by atoms with E-state index in [9.17, 15) is 19.5 Å². The maximum atomic E-state index is 12.7. The highest BCUT2D eigenvalue weighted by Crippen LogP contribution is 2.27. The van der Waals surface area contributed by atoms with Crippen molar-refractivity contribution in [1.82, 2.24) is 4.90 Å². The Labute approximate surface area is 163 Å². The summed E-state index contributed by atoms with van der Waals surface area (Å²) in [4.78, 5) is 36.8. The molecule has 0 saturated carbocycles. The second-order valence-electron chi connectivity index (χ2n) is 6.42. The van der Waals surface area contributed by atoms with E-state index >= 15 is 0 Å². The van der Waals surface area contributed by atoms with Crippen LogP contribution >= 0.6 is 0 Å². The van der Waals surface area contributed by atoms with Gasteiger partial charge in [-0.15, -0.1) is 0 Å². The molecule has 1 aliphatic rings. The molecule has 0 bridgehead atoms. The quantitative estimate of drug-likeness (QED) is 0.524. The first-order valence-electron chi connectivity index (χ1n) is 8.88. The molecule has 9 heteroatoms. The van der Waals surface area contributed by atoms with Crippen LogP contribution in [0.15, 0.2) is 30.3 Å². The number of hydrogen-bond donors (Lipinski definition) is 1. The number of carboxylic acid groups (broad SMARTS) is 1. The number of aliphatic carboxylic acids is 1. The zero-order valence-corrected chi connectivity index (χ0v) is 15.9. The van der Waals surface area contributed by atoms with Gasteiger partial charge in [0.1, 0.15) is 26.0 Å². The van der Waals surface area contributed by atoms with Crippen LogP contribution in [0.25, 0.3) is 0 Å². The van der Waals surface area contributed by atoms with Gasteiger partial charge in [0.15, 0.2) is 0 Å². The van der Waals surface area contributed by atoms with E-state index in [1.807, 2.05) is 18.2 Å². The smallest absolute Gasteiger partial charge is 0.411 e. The summed E-state index contributed by atoms with van der Waals surface area (Å²) in [6, 6.07) is 7.19. The van der Waals surface area contributed by atoms with Gasteiger partial charge in [0.25, 0.3) is 0 Å². The number of carbonyl (C=O) groups excluding carboxylic acids is 2. The topological polar surface area (TPSA) is 112 Å². The Balaban J connectivity index is 2.14. The molecule has 28 heavy (non-hydrogen) atoms. The molecular weight excluding hydrogens is 370 g/mol. The molecule has 9 nitrogen and oxygen atoms in total. The summed E-state index contributed by atoms with van der Waals surface area (Å²) >= 11 is 0. The van der Waals surface area contributed by atoms with E-state index in [0.717, 1.165) is 10.5 Å². The number of piperidine rings is 1. The molecule has 1 heterocycles. The number of rotatable bonds is 8. The van der Waals surface area contributed by atoms with Gasteiger partial charge in [-0.1, -0.05) is 30.3 Å². The van der Waals surface area contributed by atoms with Gasteiger partial charge in [0.2, 0.25) is 0 Å². The van der Waals surface area contributed by atoms with Crippen LogP contribution in [0.4, 0.5) is 4.79 Å². The third kappa shape index (κ3) is 6.21. The minimum atomic E-state index is -1.18. The van der Waals surface area contributed by atoms with Crippen molar-refractivity contribution in [2.24, 2.45) is 0 Å². The van der Waals surface area contributed by atoms with Crippen molar-refractivity contribution in [1.29, 1.82) is 0 Å². The fourth-order valence-corrected chi connectivity index (χ4v) is 3.08. The first-order chi connectivity index (χ1) is 13.4. The summed E-state index contributed by atoms with van der Waals surface area (Å²) in [6.07, 6.45) is -0.866. The zero-order valence-electron chi connectivity index (χ0n) is 15.9. The van der Waals surface area contributed by atoms with Gasteiger partial charge in [-0.3, -0.25) is 9.69 Å². The van der Waals surface area contributed by atoms with Crippen LogP contribution in [0.5, 0.6) is 0 Å². The average Bonchev–Trinajstić information content (AvgIpc) is 2.69. The average molecular weight is 395 g/mol. The SMILES string of the molecule is COCO[C@@H]1C[C@H](COC(C)=O)N(C(=O)OCc2ccccc2)[C@H](C(=O)O)C1. The number of nitrogens with zero attached hydrogens (tertiary/aromatic N) is 1. The molecule has 1 aromatic carbocycles. The first-order valence-corrected chi connectivity index (χ1v) is 8.88. The van der Waals surface area contributed by atoms with Crippen molar-refractivity contribution in [3.63, 3.8) is 0 Å². The van der Waals surface area contributed by atoms with Gasteiger partial charge in [-0.25, -0.2) is 9.59 Å². The molecule has 0 aliphatic carbocycles. The molecule has 1 saturated heterocycles. The number of esters is 1. The fourth-order valence-electron chi connectivity index (χ4n) is 3.08. The maximum Gasteiger partial charge on any atom is 0.411 e. The van der Waals surface area contributed by atoms with Gasteiger partial charge < -0.3 is 24.1 Å². The molecule has 154 valence electrons. The predicted octanol–water partition coefficient (Wildman–Crippen LogP) is 1.79. The molecule has 0 radical (unpaired) electrons. The number of benzene rings is 1. The van der Waals surface area contributed by atoms with Crippen molar-refractivity contribution in [3.8, 4) is 0 Å². The highest BCUT2D eigenvalue weighted by Gasteiger charge is 2.44. The summed E-state index contributed by atoms with van der Waals surface area (Å²) < 4.78 is 20.7. The summed E-state index contributed by atoms with van der Waals surface area (Å²) in [5, 5.41) is 9.64. The third-order valence-electron chi connectivity index (χ3n) is 4.35. The van der Waals surface area contributed by atoms with Crippen molar-refractivity contribution >= 4 is 18.0 Å². The molecule has 1 aliphatic heterocycles. The van der Waals surface area contributed by atoms with Crippen LogP contribution in [0.3, 0.4) is 0 Å². The number of carboxylic acids is 1. The lowest BCUT2D eigenvalue weighted by Crippen LogP contribution is -2.58. The van der Waals surface area contributed by atoms with Crippen molar-refractivity contribution in [2.45, 2.75) is 44.6 Å². The lowest BCUT2D eigenvalue weighted by atomic mass is 9.93. The lowest BCUT2D eigenvalue weighted by Gasteiger charge is -2.41. The zero-order chi connectivity index (χ0) is 20.5. The van der Waals surface area contributed by atoms with Gasteiger partial charge in [-0.2, -0.15) is 0 Å². The van der Waals surface area contributed by atoms with Crippen LogP contribution in [0, 0.1) is 0 Å². The lowest BCUT2D eigenvalue weighted by molar-refractivity contribution is -0.157. The van der Waals surface area contributed by atoms with E-state index in [2.05, 4.69) is 0 Å². The van der Waals surface area contributed by atoms with Crippen LogP contribution in [0.1, 0.15) is 25.3 Å². The van der Waals surface area contributed by atoms with Crippen molar-refractivity contribution in [3.05, 3.63) is 35.9 Å². The first kappa shape index (κ1) is 21.6. The molecule has 2 rings (SSSR count). The highest BCUT2D eigenvalue weighted by molar-refractivity contribution is 5.80. The van der Waals surface area contributed by atoms with E-state index in [-0.39, 0.29) is 26.4 Å². The van der Waals surface area contributed by atoms with E-state index < -0.39 is 36.2 Å². The fraction of sp³-hybridized carbons (Fsp3) is 0.526. The van der Waals surface area contributed by atoms with Crippen LogP contribution in [-0.2, 0) is 35.1 Å². The Morgan fingerprint density at radius 3 is 2.46 bits per heavy atom. The molecule has 1 N–H and O–H groups in total.